The first-order valence-electron chi connectivity index (χ1n) is 9.29. The molecule has 0 aliphatic heterocycles. The number of hydrogen-bond donors (Lipinski definition) is 4. The Morgan fingerprint density at radius 1 is 1.07 bits per heavy atom. The zero-order valence-electron chi connectivity index (χ0n) is 16.2. The van der Waals surface area contributed by atoms with E-state index in [9.17, 15) is 19.5 Å². The van der Waals surface area contributed by atoms with E-state index >= 15 is 0 Å². The van der Waals surface area contributed by atoms with Crippen molar-refractivity contribution in [1.82, 2.24) is 10.6 Å². The van der Waals surface area contributed by atoms with E-state index in [0.717, 1.165) is 14.7 Å². The fraction of sp³-hybridized carbons (Fsp3) is 0.286. The molecule has 9 heteroatoms. The molecule has 2 rings (SSSR count). The summed E-state index contributed by atoms with van der Waals surface area (Å²) in [6.07, 6.45) is -1.89. The molecule has 5 N–H and O–H groups in total. The minimum Gasteiger partial charge on any atom is -0.445 e. The summed E-state index contributed by atoms with van der Waals surface area (Å²) in [6, 6.07) is 15.7. The fourth-order valence-corrected chi connectivity index (χ4v) is 3.24. The van der Waals surface area contributed by atoms with Gasteiger partial charge in [0.2, 0.25) is 11.8 Å². The van der Waals surface area contributed by atoms with Gasteiger partial charge in [-0.1, -0.05) is 42.5 Å². The molecule has 0 saturated carbocycles. The van der Waals surface area contributed by atoms with Gasteiger partial charge < -0.3 is 26.2 Å². The zero-order valence-corrected chi connectivity index (χ0v) is 18.4. The molecule has 160 valence electrons. The van der Waals surface area contributed by atoms with Crippen molar-refractivity contribution < 1.29 is 24.2 Å². The zero-order chi connectivity index (χ0) is 21.9. The van der Waals surface area contributed by atoms with E-state index in [2.05, 4.69) is 33.2 Å². The smallest absolute Gasteiger partial charge is 0.407 e. The van der Waals surface area contributed by atoms with Crippen LogP contribution in [0.4, 0.5) is 4.79 Å². The molecule has 0 heterocycles. The van der Waals surface area contributed by atoms with Crippen LogP contribution in [-0.2, 0) is 27.4 Å². The van der Waals surface area contributed by atoms with Crippen molar-refractivity contribution in [3.05, 3.63) is 69.3 Å². The molecule has 8 nitrogen and oxygen atoms in total. The lowest BCUT2D eigenvalue weighted by atomic mass is 10.1. The Kier molecular flexibility index (Phi) is 9.55. The number of aliphatic hydroxyl groups excluding tert-OH is 1. The van der Waals surface area contributed by atoms with E-state index in [4.69, 9.17) is 10.5 Å². The second-order valence-corrected chi connectivity index (χ2v) is 7.90. The molecule has 0 bridgehead atoms. The number of halogens is 1. The monoisotopic (exact) mass is 525 g/mol. The van der Waals surface area contributed by atoms with Crippen LogP contribution in [0.15, 0.2) is 54.6 Å². The van der Waals surface area contributed by atoms with Crippen molar-refractivity contribution in [1.29, 1.82) is 0 Å². The minimum atomic E-state index is -1.14. The van der Waals surface area contributed by atoms with Crippen molar-refractivity contribution >= 4 is 40.5 Å². The van der Waals surface area contributed by atoms with Gasteiger partial charge in [-0.2, -0.15) is 0 Å². The van der Waals surface area contributed by atoms with E-state index in [1.807, 2.05) is 54.6 Å². The Hall–Kier alpha value is -2.66. The quantitative estimate of drug-likeness (QED) is 0.349. The molecular weight excluding hydrogens is 501 g/mol. The van der Waals surface area contributed by atoms with E-state index in [-0.39, 0.29) is 26.0 Å². The number of amides is 3. The number of carbonyl (C=O) groups excluding carboxylic acids is 3. The third-order valence-electron chi connectivity index (χ3n) is 4.12. The minimum absolute atomic E-state index is 0.0992. The standard InChI is InChI=1S/C21H24IN3O5/c22-16-8-4-7-15(9-16)10-18(20(23)28)25-19(27)11-17(26)12-24-21(29)30-13-14-5-2-1-3-6-14/h1-9,17-18,26H,10-13H2,(H2,23,28)(H,24,29)(H,25,27)/t17-,18+/m0/s1. The van der Waals surface area contributed by atoms with Gasteiger partial charge in [0.15, 0.2) is 0 Å². The first-order valence-corrected chi connectivity index (χ1v) is 10.4. The van der Waals surface area contributed by atoms with Gasteiger partial charge in [0, 0.05) is 16.5 Å². The van der Waals surface area contributed by atoms with Crippen LogP contribution in [0.5, 0.6) is 0 Å². The van der Waals surface area contributed by atoms with E-state index in [1.54, 1.807) is 0 Å². The van der Waals surface area contributed by atoms with Crippen molar-refractivity contribution in [2.24, 2.45) is 5.73 Å². The third kappa shape index (κ3) is 8.78. The molecule has 0 aliphatic carbocycles. The number of ether oxygens (including phenoxy) is 1. The molecule has 0 unspecified atom stereocenters. The number of alkyl carbamates (subject to hydrolysis) is 1. The van der Waals surface area contributed by atoms with Gasteiger partial charge in [0.05, 0.1) is 12.5 Å². The molecule has 2 aromatic rings. The number of nitrogens with one attached hydrogen (secondary N) is 2. The lowest BCUT2D eigenvalue weighted by molar-refractivity contribution is -0.128. The molecule has 3 amide bonds. The van der Waals surface area contributed by atoms with E-state index in [1.165, 1.54) is 0 Å². The van der Waals surface area contributed by atoms with Crippen molar-refractivity contribution in [2.45, 2.75) is 31.6 Å². The van der Waals surface area contributed by atoms with E-state index in [0.29, 0.717) is 0 Å². The molecule has 0 saturated heterocycles. The summed E-state index contributed by atoms with van der Waals surface area (Å²) in [5, 5.41) is 14.9. The Morgan fingerprint density at radius 2 is 1.77 bits per heavy atom. The van der Waals surface area contributed by atoms with Crippen LogP contribution in [0, 0.1) is 3.57 Å². The lowest BCUT2D eigenvalue weighted by Crippen LogP contribution is -2.47. The molecule has 2 atom stereocenters. The van der Waals surface area contributed by atoms with Gasteiger partial charge in [-0.05, 0) is 45.9 Å². The van der Waals surface area contributed by atoms with Crippen LogP contribution in [0.25, 0.3) is 0 Å². The van der Waals surface area contributed by atoms with Gasteiger partial charge in [-0.15, -0.1) is 0 Å². The molecule has 2 aromatic carbocycles. The highest BCUT2D eigenvalue weighted by Crippen LogP contribution is 2.10. The highest BCUT2D eigenvalue weighted by Gasteiger charge is 2.21. The number of nitrogens with two attached hydrogens (primary N) is 1. The molecule has 30 heavy (non-hydrogen) atoms. The molecule has 0 radical (unpaired) electrons. The van der Waals surface area contributed by atoms with Crippen LogP contribution >= 0.6 is 22.6 Å². The number of rotatable bonds is 10. The van der Waals surface area contributed by atoms with Gasteiger partial charge >= 0.3 is 6.09 Å². The maximum absolute atomic E-state index is 12.2. The van der Waals surface area contributed by atoms with Gasteiger partial charge in [-0.25, -0.2) is 4.79 Å². The number of primary amides is 1. The topological polar surface area (TPSA) is 131 Å². The van der Waals surface area contributed by atoms with Crippen LogP contribution in [0.2, 0.25) is 0 Å². The van der Waals surface area contributed by atoms with Crippen LogP contribution in [0.3, 0.4) is 0 Å². The number of benzene rings is 2. The maximum Gasteiger partial charge on any atom is 0.407 e. The maximum atomic E-state index is 12.2. The average Bonchev–Trinajstić information content (AvgIpc) is 2.71. The van der Waals surface area contributed by atoms with Gasteiger partial charge in [0.1, 0.15) is 12.6 Å². The molecule has 0 fully saturated rings. The Bertz CT molecular complexity index is 863. The average molecular weight is 525 g/mol. The predicted molar refractivity (Wildman–Crippen MR) is 119 cm³/mol. The van der Waals surface area contributed by atoms with Crippen LogP contribution in [-0.4, -0.2) is 41.7 Å². The van der Waals surface area contributed by atoms with Crippen LogP contribution < -0.4 is 16.4 Å². The Morgan fingerprint density at radius 3 is 2.43 bits per heavy atom. The Labute approximate surface area is 188 Å². The van der Waals surface area contributed by atoms with Crippen LogP contribution in [0.1, 0.15) is 17.5 Å². The number of carbonyl (C=O) groups is 3. The lowest BCUT2D eigenvalue weighted by Gasteiger charge is -2.17. The molecule has 0 aromatic heterocycles. The summed E-state index contributed by atoms with van der Waals surface area (Å²) < 4.78 is 6.03. The highest BCUT2D eigenvalue weighted by molar-refractivity contribution is 14.1. The van der Waals surface area contributed by atoms with Gasteiger partial charge in [0.25, 0.3) is 0 Å². The second-order valence-electron chi connectivity index (χ2n) is 6.66. The first kappa shape index (κ1) is 23.6. The van der Waals surface area contributed by atoms with Gasteiger partial charge in [-0.3, -0.25) is 9.59 Å². The first-order chi connectivity index (χ1) is 14.3. The molecule has 0 aliphatic rings. The highest BCUT2D eigenvalue weighted by atomic mass is 127. The summed E-state index contributed by atoms with van der Waals surface area (Å²) in [4.78, 5) is 35.5. The number of aliphatic hydroxyl groups is 1. The molecular formula is C21H24IN3O5. The van der Waals surface area contributed by atoms with Crippen molar-refractivity contribution in [2.75, 3.05) is 6.54 Å². The van der Waals surface area contributed by atoms with Crippen molar-refractivity contribution in [3.8, 4) is 0 Å². The third-order valence-corrected chi connectivity index (χ3v) is 4.79. The fourth-order valence-electron chi connectivity index (χ4n) is 2.64. The normalized spacial score (nSPS) is 12.5. The van der Waals surface area contributed by atoms with Crippen molar-refractivity contribution in [3.63, 3.8) is 0 Å². The van der Waals surface area contributed by atoms with E-state index < -0.39 is 30.1 Å². The predicted octanol–water partition coefficient (Wildman–Crippen LogP) is 1.48. The molecule has 0 spiro atoms. The Balaban J connectivity index is 1.73. The summed E-state index contributed by atoms with van der Waals surface area (Å²) in [5.74, 6) is -1.21. The summed E-state index contributed by atoms with van der Waals surface area (Å²) >= 11 is 2.15. The SMILES string of the molecule is NC(=O)[C@@H](Cc1cccc(I)c1)NC(=O)C[C@H](O)CNC(=O)OCc1ccccc1. The largest absolute Gasteiger partial charge is 0.445 e. The summed E-state index contributed by atoms with van der Waals surface area (Å²) in [7, 11) is 0. The summed E-state index contributed by atoms with van der Waals surface area (Å²) in [6.45, 7) is -0.0683. The number of hydrogen-bond acceptors (Lipinski definition) is 5. The second kappa shape index (κ2) is 12.1. The summed E-state index contributed by atoms with van der Waals surface area (Å²) in [5.41, 5.74) is 7.08.